The molecule has 2 aromatic carbocycles. The Hall–Kier alpha value is -3.28. The van der Waals surface area contributed by atoms with Crippen molar-refractivity contribution in [2.45, 2.75) is 26.2 Å². The Morgan fingerprint density at radius 2 is 1.89 bits per heavy atom. The number of rotatable bonds is 3. The predicted octanol–water partition coefficient (Wildman–Crippen LogP) is 4.22. The zero-order chi connectivity index (χ0) is 20.0. The van der Waals surface area contributed by atoms with E-state index >= 15 is 0 Å². The van der Waals surface area contributed by atoms with Crippen molar-refractivity contribution in [2.75, 3.05) is 7.11 Å². The maximum atomic E-state index is 13.2. The summed E-state index contributed by atoms with van der Waals surface area (Å²) >= 11 is 0. The van der Waals surface area contributed by atoms with Gasteiger partial charge < -0.3 is 19.0 Å². The van der Waals surface area contributed by atoms with Crippen LogP contribution in [0.4, 0.5) is 0 Å². The smallest absolute Gasteiger partial charge is 0.311 e. The number of carbonyl (C=O) groups is 1. The normalized spacial score (nSPS) is 16.1. The van der Waals surface area contributed by atoms with E-state index in [9.17, 15) is 14.7 Å². The van der Waals surface area contributed by atoms with Crippen molar-refractivity contribution in [1.82, 2.24) is 0 Å². The molecule has 0 aliphatic carbocycles. The van der Waals surface area contributed by atoms with Crippen LogP contribution in [0.5, 0.6) is 17.2 Å². The van der Waals surface area contributed by atoms with Gasteiger partial charge in [0.25, 0.3) is 0 Å². The molecule has 0 saturated heterocycles. The van der Waals surface area contributed by atoms with Crippen LogP contribution in [0, 0.1) is 5.92 Å². The molecule has 0 spiro atoms. The molecule has 0 amide bonds. The Bertz CT molecular complexity index is 1120. The highest BCUT2D eigenvalue weighted by Gasteiger charge is 2.34. The molecule has 144 valence electrons. The van der Waals surface area contributed by atoms with Gasteiger partial charge in [0, 0.05) is 17.5 Å². The molecule has 0 fully saturated rings. The lowest BCUT2D eigenvalue weighted by molar-refractivity contribution is -0.136. The van der Waals surface area contributed by atoms with E-state index in [4.69, 9.17) is 13.9 Å². The highest BCUT2D eigenvalue weighted by Crippen LogP contribution is 2.45. The Kier molecular flexibility index (Phi) is 4.34. The van der Waals surface area contributed by atoms with Crippen molar-refractivity contribution in [3.63, 3.8) is 0 Å². The Labute approximate surface area is 161 Å². The molecule has 3 aromatic rings. The maximum Gasteiger partial charge on any atom is 0.311 e. The van der Waals surface area contributed by atoms with Gasteiger partial charge in [0.05, 0.1) is 19.1 Å². The fourth-order valence-corrected chi connectivity index (χ4v) is 3.71. The summed E-state index contributed by atoms with van der Waals surface area (Å²) in [4.78, 5) is 25.1. The lowest BCUT2D eigenvalue weighted by Crippen LogP contribution is -2.24. The van der Waals surface area contributed by atoms with Crippen molar-refractivity contribution < 1.29 is 23.8 Å². The van der Waals surface area contributed by atoms with E-state index in [-0.39, 0.29) is 52.1 Å². The molecular weight excluding hydrogens is 360 g/mol. The van der Waals surface area contributed by atoms with Crippen LogP contribution in [0.1, 0.15) is 31.7 Å². The highest BCUT2D eigenvalue weighted by atomic mass is 16.5. The van der Waals surface area contributed by atoms with E-state index < -0.39 is 0 Å². The summed E-state index contributed by atoms with van der Waals surface area (Å²) in [6.45, 7) is 3.99. The van der Waals surface area contributed by atoms with Crippen molar-refractivity contribution in [2.24, 2.45) is 5.92 Å². The van der Waals surface area contributed by atoms with E-state index in [2.05, 4.69) is 0 Å². The second-order valence-electron chi connectivity index (χ2n) is 7.25. The van der Waals surface area contributed by atoms with Crippen molar-refractivity contribution in [3.8, 4) is 28.4 Å². The molecule has 4 rings (SSSR count). The first-order valence-electron chi connectivity index (χ1n) is 9.07. The van der Waals surface area contributed by atoms with Crippen LogP contribution in [-0.2, 0) is 4.79 Å². The summed E-state index contributed by atoms with van der Waals surface area (Å²) < 4.78 is 16.3. The molecule has 0 bridgehead atoms. The number of esters is 1. The van der Waals surface area contributed by atoms with Crippen LogP contribution in [-0.4, -0.2) is 18.2 Å². The van der Waals surface area contributed by atoms with Gasteiger partial charge in [-0.2, -0.15) is 0 Å². The summed E-state index contributed by atoms with van der Waals surface area (Å²) in [6, 6.07) is 8.34. The zero-order valence-electron chi connectivity index (χ0n) is 15.8. The molecule has 1 aliphatic heterocycles. The number of aromatic hydroxyl groups is 1. The number of phenolic OH excluding ortho intramolecular Hbond substituents is 1. The van der Waals surface area contributed by atoms with Gasteiger partial charge in [-0.1, -0.05) is 26.0 Å². The molecule has 1 atom stereocenters. The Balaban J connectivity index is 1.97. The standard InChI is InChI=1S/C22H20O6/c1-11(2)14-8-18(24)28-17-9-16(23)20-21(25)15(10-27-22(20)19(14)17)12-4-6-13(26-3)7-5-12/h4-7,9-11,14,23H,8H2,1-3H3/t14-/m0/s1. The molecule has 6 nitrogen and oxygen atoms in total. The van der Waals surface area contributed by atoms with E-state index in [0.29, 0.717) is 22.4 Å². The van der Waals surface area contributed by atoms with Crippen LogP contribution in [0.3, 0.4) is 0 Å². The third-order valence-electron chi connectivity index (χ3n) is 5.21. The summed E-state index contributed by atoms with van der Waals surface area (Å²) in [6.07, 6.45) is 1.59. The quantitative estimate of drug-likeness (QED) is 0.541. The maximum absolute atomic E-state index is 13.2. The van der Waals surface area contributed by atoms with Crippen LogP contribution in [0.25, 0.3) is 22.1 Å². The van der Waals surface area contributed by atoms with E-state index in [1.165, 1.54) is 12.3 Å². The number of fused-ring (bicyclic) bond motifs is 3. The first-order chi connectivity index (χ1) is 13.4. The second-order valence-corrected chi connectivity index (χ2v) is 7.25. The van der Waals surface area contributed by atoms with Crippen molar-refractivity contribution >= 4 is 16.9 Å². The number of hydrogen-bond donors (Lipinski definition) is 1. The van der Waals surface area contributed by atoms with Crippen molar-refractivity contribution in [1.29, 1.82) is 0 Å². The minimum absolute atomic E-state index is 0.0932. The molecule has 1 N–H and O–H groups in total. The zero-order valence-corrected chi connectivity index (χ0v) is 15.8. The first kappa shape index (κ1) is 18.1. The van der Waals surface area contributed by atoms with E-state index in [1.807, 2.05) is 13.8 Å². The highest BCUT2D eigenvalue weighted by molar-refractivity contribution is 5.93. The van der Waals surface area contributed by atoms with Gasteiger partial charge in [-0.25, -0.2) is 0 Å². The minimum Gasteiger partial charge on any atom is -0.507 e. The topological polar surface area (TPSA) is 86.0 Å². The first-order valence-corrected chi connectivity index (χ1v) is 9.07. The summed E-state index contributed by atoms with van der Waals surface area (Å²) in [5, 5.41) is 10.6. The molecule has 2 heterocycles. The van der Waals surface area contributed by atoms with Gasteiger partial charge in [-0.05, 0) is 23.6 Å². The molecule has 6 heteroatoms. The van der Waals surface area contributed by atoms with Gasteiger partial charge in [-0.15, -0.1) is 0 Å². The molecule has 28 heavy (non-hydrogen) atoms. The monoisotopic (exact) mass is 380 g/mol. The number of carbonyl (C=O) groups excluding carboxylic acids is 1. The molecule has 0 radical (unpaired) electrons. The van der Waals surface area contributed by atoms with E-state index in [1.54, 1.807) is 31.4 Å². The summed E-state index contributed by atoms with van der Waals surface area (Å²) in [7, 11) is 1.57. The molecule has 1 aromatic heterocycles. The predicted molar refractivity (Wildman–Crippen MR) is 104 cm³/mol. The third-order valence-corrected chi connectivity index (χ3v) is 5.21. The van der Waals surface area contributed by atoms with Gasteiger partial charge >= 0.3 is 5.97 Å². The Morgan fingerprint density at radius 3 is 2.54 bits per heavy atom. The van der Waals surface area contributed by atoms with Crippen LogP contribution < -0.4 is 14.9 Å². The fourth-order valence-electron chi connectivity index (χ4n) is 3.71. The van der Waals surface area contributed by atoms with Crippen molar-refractivity contribution in [3.05, 3.63) is 52.4 Å². The van der Waals surface area contributed by atoms with Crippen LogP contribution in [0.2, 0.25) is 0 Å². The lowest BCUT2D eigenvalue weighted by atomic mass is 9.82. The molecule has 0 unspecified atom stereocenters. The van der Waals surface area contributed by atoms with Crippen LogP contribution in [0.15, 0.2) is 45.8 Å². The number of methoxy groups -OCH3 is 1. The average Bonchev–Trinajstić information content (AvgIpc) is 2.67. The molecule has 0 saturated carbocycles. The third kappa shape index (κ3) is 2.81. The van der Waals surface area contributed by atoms with Crippen LogP contribution >= 0.6 is 0 Å². The number of ether oxygens (including phenoxy) is 2. The second kappa shape index (κ2) is 6.71. The van der Waals surface area contributed by atoms with Gasteiger partial charge in [0.2, 0.25) is 5.43 Å². The molecular formula is C22H20O6. The SMILES string of the molecule is COc1ccc(-c2coc3c4c(cc(O)c3c2=O)OC(=O)C[C@H]4C(C)C)cc1. The summed E-state index contributed by atoms with van der Waals surface area (Å²) in [5.74, 6) is 0.269. The lowest BCUT2D eigenvalue weighted by Gasteiger charge is -2.28. The minimum atomic E-state index is -0.359. The van der Waals surface area contributed by atoms with Gasteiger partial charge in [-0.3, -0.25) is 9.59 Å². The Morgan fingerprint density at radius 1 is 1.18 bits per heavy atom. The fraction of sp³-hybridized carbons (Fsp3) is 0.273. The van der Waals surface area contributed by atoms with E-state index in [0.717, 1.165) is 0 Å². The molecule has 1 aliphatic rings. The number of hydrogen-bond acceptors (Lipinski definition) is 6. The summed E-state index contributed by atoms with van der Waals surface area (Å²) in [5.41, 5.74) is 1.56. The van der Waals surface area contributed by atoms with Gasteiger partial charge in [0.15, 0.2) is 0 Å². The average molecular weight is 380 g/mol. The number of phenols is 1. The largest absolute Gasteiger partial charge is 0.507 e. The van der Waals surface area contributed by atoms with Gasteiger partial charge in [0.1, 0.15) is 34.5 Å². The number of benzene rings is 2.